The lowest BCUT2D eigenvalue weighted by Gasteiger charge is -2.30. The molecule has 0 unspecified atom stereocenters. The number of nitrogens with zero attached hydrogens (tertiary/aromatic N) is 4. The summed E-state index contributed by atoms with van der Waals surface area (Å²) in [4.78, 5) is 75.6. The number of carbonyl (C=O) groups excluding carboxylic acids is 5. The van der Waals surface area contributed by atoms with E-state index in [9.17, 15) is 24.0 Å². The number of aromatic amines is 1. The molecule has 13 nitrogen and oxygen atoms in total. The fourth-order valence-corrected chi connectivity index (χ4v) is 6.05. The highest BCUT2D eigenvalue weighted by atomic mass is 16.5. The number of amides is 5. The molecule has 1 aromatic heterocycles. The lowest BCUT2D eigenvalue weighted by atomic mass is 10.1. The van der Waals surface area contributed by atoms with Crippen molar-refractivity contribution in [2.75, 3.05) is 61.0 Å². The Labute approximate surface area is 267 Å². The molecular formula is C33H41N7O6. The molecular weight excluding hydrogens is 590 g/mol. The van der Waals surface area contributed by atoms with Crippen LogP contribution < -0.4 is 15.4 Å². The molecule has 1 saturated heterocycles. The molecule has 1 fully saturated rings. The van der Waals surface area contributed by atoms with E-state index in [4.69, 9.17) is 4.74 Å². The molecule has 3 N–H and O–H groups in total. The average Bonchev–Trinajstić information content (AvgIpc) is 3.61. The Kier molecular flexibility index (Phi) is 9.90. The van der Waals surface area contributed by atoms with Gasteiger partial charge in [0, 0.05) is 55.9 Å². The molecule has 0 spiro atoms. The topological polar surface area (TPSA) is 147 Å². The average molecular weight is 632 g/mol. The second kappa shape index (κ2) is 14.0. The Hall–Kier alpha value is -4.91. The van der Waals surface area contributed by atoms with Crippen LogP contribution in [0.2, 0.25) is 0 Å². The molecule has 2 aromatic carbocycles. The summed E-state index contributed by atoms with van der Waals surface area (Å²) in [6.45, 7) is 0.0775. The minimum atomic E-state index is -1.07. The van der Waals surface area contributed by atoms with E-state index >= 15 is 0 Å². The molecule has 0 saturated carbocycles. The number of ether oxygens (including phenoxy) is 1. The van der Waals surface area contributed by atoms with Crippen LogP contribution in [0.1, 0.15) is 22.3 Å². The van der Waals surface area contributed by atoms with Crippen molar-refractivity contribution in [2.45, 2.75) is 31.0 Å². The summed E-state index contributed by atoms with van der Waals surface area (Å²) in [6.07, 6.45) is 2.47. The molecule has 13 heteroatoms. The molecule has 2 aliphatic rings. The first kappa shape index (κ1) is 32.5. The van der Waals surface area contributed by atoms with Crippen molar-refractivity contribution < 1.29 is 28.7 Å². The van der Waals surface area contributed by atoms with E-state index in [-0.39, 0.29) is 68.9 Å². The van der Waals surface area contributed by atoms with Crippen LogP contribution in [0.5, 0.6) is 5.75 Å². The summed E-state index contributed by atoms with van der Waals surface area (Å²) in [6, 6.07) is 12.7. The van der Waals surface area contributed by atoms with E-state index < -0.39 is 18.0 Å². The zero-order chi connectivity index (χ0) is 33.0. The minimum absolute atomic E-state index is 0.0480. The zero-order valence-corrected chi connectivity index (χ0v) is 26.6. The van der Waals surface area contributed by atoms with Crippen LogP contribution in [0.15, 0.2) is 54.7 Å². The van der Waals surface area contributed by atoms with Crippen LogP contribution in [0.4, 0.5) is 0 Å². The van der Waals surface area contributed by atoms with Crippen LogP contribution in [-0.4, -0.2) is 133 Å². The van der Waals surface area contributed by atoms with Crippen molar-refractivity contribution in [3.05, 3.63) is 65.9 Å². The minimum Gasteiger partial charge on any atom is -0.491 e. The van der Waals surface area contributed by atoms with Gasteiger partial charge in [-0.05, 0) is 50.3 Å². The largest absolute Gasteiger partial charge is 0.491 e. The maximum Gasteiger partial charge on any atom is 0.253 e. The first-order valence-electron chi connectivity index (χ1n) is 15.3. The summed E-state index contributed by atoms with van der Waals surface area (Å²) < 4.78 is 6.09. The van der Waals surface area contributed by atoms with Crippen LogP contribution in [0.3, 0.4) is 0 Å². The number of carbonyl (C=O) groups is 5. The van der Waals surface area contributed by atoms with E-state index in [2.05, 4.69) is 15.6 Å². The number of para-hydroxylation sites is 1. The maximum absolute atomic E-state index is 13.7. The second-order valence-corrected chi connectivity index (χ2v) is 12.3. The molecule has 5 amide bonds. The third kappa shape index (κ3) is 7.65. The van der Waals surface area contributed by atoms with Crippen molar-refractivity contribution in [1.29, 1.82) is 0 Å². The van der Waals surface area contributed by atoms with Gasteiger partial charge >= 0.3 is 0 Å². The number of rotatable bonds is 6. The number of likely N-dealkylation sites (N-methyl/N-ethyl adjacent to an activating group) is 3. The van der Waals surface area contributed by atoms with E-state index in [1.807, 2.05) is 30.5 Å². The van der Waals surface area contributed by atoms with E-state index in [0.29, 0.717) is 17.7 Å². The SMILES string of the molecule is CN(C)CC(=O)N[C@H]1CN(C)C(=O)c2cccc(c2)OC[C@@H]2C[C@H](NC(=O)Cc3c[nH]c4ccccc34)CN2C(=O)CN(C)C1=O. The van der Waals surface area contributed by atoms with Crippen molar-refractivity contribution in [1.82, 2.24) is 35.2 Å². The van der Waals surface area contributed by atoms with E-state index in [0.717, 1.165) is 16.5 Å². The number of nitrogens with one attached hydrogen (secondary N) is 3. The van der Waals surface area contributed by atoms with Crippen molar-refractivity contribution in [3.63, 3.8) is 0 Å². The van der Waals surface area contributed by atoms with Crippen LogP contribution in [0, 0.1) is 0 Å². The summed E-state index contributed by atoms with van der Waals surface area (Å²) in [7, 11) is 6.52. The van der Waals surface area contributed by atoms with Gasteiger partial charge in [-0.1, -0.05) is 24.3 Å². The highest BCUT2D eigenvalue weighted by molar-refractivity contribution is 5.96. The lowest BCUT2D eigenvalue weighted by Crippen LogP contribution is -2.56. The van der Waals surface area contributed by atoms with E-state index in [1.165, 1.54) is 16.8 Å². The summed E-state index contributed by atoms with van der Waals surface area (Å²) in [5.41, 5.74) is 2.19. The fourth-order valence-electron chi connectivity index (χ4n) is 6.05. The Bertz CT molecular complexity index is 1620. The maximum atomic E-state index is 13.7. The fraction of sp³-hybridized carbons (Fsp3) is 0.424. The highest BCUT2D eigenvalue weighted by Crippen LogP contribution is 2.23. The Morgan fingerprint density at radius 3 is 2.54 bits per heavy atom. The molecule has 0 aliphatic carbocycles. The van der Waals surface area contributed by atoms with Gasteiger partial charge in [0.2, 0.25) is 23.6 Å². The lowest BCUT2D eigenvalue weighted by molar-refractivity contribution is -0.142. The standard InChI is InChI=1S/C33H41N7O6/c1-37(2)18-30(42)36-28-17-38(3)32(44)21-8-7-9-25(12-21)46-20-24-14-23(16-40(24)31(43)19-39(4)33(28)45)35-29(41)13-22-15-34-27-11-6-5-10-26(22)27/h5-12,15,23-24,28,34H,13-14,16-20H2,1-4H3,(H,35,41)(H,36,42)/t23-,24-,28-/m0/s1. The molecule has 3 aromatic rings. The number of H-pyrrole nitrogens is 1. The Morgan fingerprint density at radius 1 is 0.978 bits per heavy atom. The number of aromatic nitrogens is 1. The zero-order valence-electron chi connectivity index (χ0n) is 26.6. The molecule has 5 rings (SSSR count). The van der Waals surface area contributed by atoms with Crippen LogP contribution >= 0.6 is 0 Å². The monoisotopic (exact) mass is 631 g/mol. The molecule has 2 bridgehead atoms. The van der Waals surface area contributed by atoms with E-state index in [1.54, 1.807) is 55.2 Å². The summed E-state index contributed by atoms with van der Waals surface area (Å²) in [5, 5.41) is 6.80. The first-order chi connectivity index (χ1) is 22.0. The van der Waals surface area contributed by atoms with Gasteiger partial charge in [0.1, 0.15) is 18.4 Å². The molecule has 0 radical (unpaired) electrons. The number of fused-ring (bicyclic) bond motifs is 4. The summed E-state index contributed by atoms with van der Waals surface area (Å²) >= 11 is 0. The molecule has 46 heavy (non-hydrogen) atoms. The third-order valence-corrected chi connectivity index (χ3v) is 8.29. The number of benzene rings is 2. The molecule has 2 aliphatic heterocycles. The third-order valence-electron chi connectivity index (χ3n) is 8.29. The highest BCUT2D eigenvalue weighted by Gasteiger charge is 2.38. The first-order valence-corrected chi connectivity index (χ1v) is 15.3. The normalized spacial score (nSPS) is 21.1. The summed E-state index contributed by atoms with van der Waals surface area (Å²) in [5.74, 6) is -1.26. The van der Waals surface area contributed by atoms with Gasteiger partial charge in [-0.15, -0.1) is 0 Å². The van der Waals surface area contributed by atoms with Crippen LogP contribution in [0.25, 0.3) is 10.9 Å². The smallest absolute Gasteiger partial charge is 0.253 e. The van der Waals surface area contributed by atoms with Gasteiger partial charge in [-0.2, -0.15) is 0 Å². The predicted molar refractivity (Wildman–Crippen MR) is 171 cm³/mol. The quantitative estimate of drug-likeness (QED) is 0.358. The van der Waals surface area contributed by atoms with Gasteiger partial charge in [-0.25, -0.2) is 0 Å². The van der Waals surface area contributed by atoms with Gasteiger partial charge < -0.3 is 40.0 Å². The van der Waals surface area contributed by atoms with Crippen molar-refractivity contribution in [3.8, 4) is 5.75 Å². The van der Waals surface area contributed by atoms with Crippen LogP contribution in [-0.2, 0) is 25.6 Å². The van der Waals surface area contributed by atoms with Gasteiger partial charge in [0.25, 0.3) is 5.91 Å². The van der Waals surface area contributed by atoms with Crippen molar-refractivity contribution >= 4 is 40.4 Å². The van der Waals surface area contributed by atoms with Gasteiger partial charge in [-0.3, -0.25) is 24.0 Å². The van der Waals surface area contributed by atoms with Gasteiger partial charge in [0.05, 0.1) is 25.6 Å². The predicted octanol–water partition coefficient (Wildman–Crippen LogP) is 0.466. The molecule has 3 atom stereocenters. The molecule has 244 valence electrons. The van der Waals surface area contributed by atoms with Crippen molar-refractivity contribution in [2.24, 2.45) is 0 Å². The van der Waals surface area contributed by atoms with Gasteiger partial charge in [0.15, 0.2) is 0 Å². The number of hydrogen-bond donors (Lipinski definition) is 3. The number of hydrogen-bond acceptors (Lipinski definition) is 7. The molecule has 3 heterocycles. The Morgan fingerprint density at radius 2 is 1.76 bits per heavy atom. The second-order valence-electron chi connectivity index (χ2n) is 12.3. The Balaban J connectivity index is 1.35.